The summed E-state index contributed by atoms with van der Waals surface area (Å²) in [4.78, 5) is 0. The standard InChI is InChI=1S/C17H29NO2/c1-14(2)20-11-10-19-13-16-9-7-6-8-15(16)12-18-17(3,4)5/h6-9,14,18H,10-13H2,1-5H3. The predicted octanol–water partition coefficient (Wildman–Crippen LogP) is 3.52. The normalized spacial score (nSPS) is 12.1. The first-order valence-electron chi connectivity index (χ1n) is 7.39. The monoisotopic (exact) mass is 279 g/mol. The Hall–Kier alpha value is -0.900. The van der Waals surface area contributed by atoms with Gasteiger partial charge in [-0.3, -0.25) is 0 Å². The van der Waals surface area contributed by atoms with E-state index in [4.69, 9.17) is 9.47 Å². The first-order chi connectivity index (χ1) is 9.38. The largest absolute Gasteiger partial charge is 0.376 e. The van der Waals surface area contributed by atoms with Gasteiger partial charge < -0.3 is 14.8 Å². The second-order valence-electron chi connectivity index (χ2n) is 6.34. The third kappa shape index (κ3) is 7.63. The molecule has 0 fully saturated rings. The van der Waals surface area contributed by atoms with E-state index in [0.717, 1.165) is 6.54 Å². The molecule has 0 radical (unpaired) electrons. The van der Waals surface area contributed by atoms with Gasteiger partial charge in [-0.25, -0.2) is 0 Å². The van der Waals surface area contributed by atoms with Gasteiger partial charge in [-0.15, -0.1) is 0 Å². The summed E-state index contributed by atoms with van der Waals surface area (Å²) in [5, 5.41) is 3.51. The summed E-state index contributed by atoms with van der Waals surface area (Å²) in [6, 6.07) is 8.42. The minimum atomic E-state index is 0.124. The van der Waals surface area contributed by atoms with Crippen LogP contribution in [0.3, 0.4) is 0 Å². The highest BCUT2D eigenvalue weighted by Gasteiger charge is 2.10. The van der Waals surface area contributed by atoms with Crippen LogP contribution in [0.2, 0.25) is 0 Å². The molecule has 0 aliphatic carbocycles. The van der Waals surface area contributed by atoms with Crippen molar-refractivity contribution < 1.29 is 9.47 Å². The molecule has 0 bridgehead atoms. The van der Waals surface area contributed by atoms with Crippen molar-refractivity contribution in [3.05, 3.63) is 35.4 Å². The predicted molar refractivity (Wildman–Crippen MR) is 83.8 cm³/mol. The minimum Gasteiger partial charge on any atom is -0.376 e. The van der Waals surface area contributed by atoms with E-state index in [-0.39, 0.29) is 11.6 Å². The highest BCUT2D eigenvalue weighted by Crippen LogP contribution is 2.12. The van der Waals surface area contributed by atoms with Crippen LogP contribution in [0.15, 0.2) is 24.3 Å². The van der Waals surface area contributed by atoms with Crippen molar-refractivity contribution in [1.82, 2.24) is 5.32 Å². The van der Waals surface area contributed by atoms with Crippen LogP contribution >= 0.6 is 0 Å². The van der Waals surface area contributed by atoms with Gasteiger partial charge in [-0.2, -0.15) is 0 Å². The molecular formula is C17H29NO2. The van der Waals surface area contributed by atoms with E-state index in [1.807, 2.05) is 13.8 Å². The lowest BCUT2D eigenvalue weighted by molar-refractivity contribution is 0.0141. The molecule has 0 heterocycles. The summed E-state index contributed by atoms with van der Waals surface area (Å²) >= 11 is 0. The maximum Gasteiger partial charge on any atom is 0.0721 e. The highest BCUT2D eigenvalue weighted by atomic mass is 16.5. The van der Waals surface area contributed by atoms with Gasteiger partial charge in [0.15, 0.2) is 0 Å². The maximum absolute atomic E-state index is 5.69. The molecule has 3 nitrogen and oxygen atoms in total. The first-order valence-corrected chi connectivity index (χ1v) is 7.39. The molecule has 114 valence electrons. The van der Waals surface area contributed by atoms with Crippen LogP contribution in [0.1, 0.15) is 45.7 Å². The lowest BCUT2D eigenvalue weighted by Gasteiger charge is -2.21. The summed E-state index contributed by atoms with van der Waals surface area (Å²) in [5.41, 5.74) is 2.67. The number of nitrogens with one attached hydrogen (secondary N) is 1. The van der Waals surface area contributed by atoms with Crippen LogP contribution in [-0.4, -0.2) is 24.9 Å². The van der Waals surface area contributed by atoms with Crippen molar-refractivity contribution >= 4 is 0 Å². The van der Waals surface area contributed by atoms with E-state index >= 15 is 0 Å². The van der Waals surface area contributed by atoms with Crippen LogP contribution in [-0.2, 0) is 22.6 Å². The number of benzene rings is 1. The zero-order chi connectivity index (χ0) is 15.0. The minimum absolute atomic E-state index is 0.124. The molecule has 0 atom stereocenters. The number of ether oxygens (including phenoxy) is 2. The summed E-state index contributed by atoms with van der Waals surface area (Å²) < 4.78 is 11.2. The van der Waals surface area contributed by atoms with E-state index in [1.165, 1.54) is 11.1 Å². The fraction of sp³-hybridized carbons (Fsp3) is 0.647. The van der Waals surface area contributed by atoms with Gasteiger partial charge >= 0.3 is 0 Å². The third-order valence-electron chi connectivity index (χ3n) is 2.86. The Labute approximate surface area is 123 Å². The van der Waals surface area contributed by atoms with E-state index in [1.54, 1.807) is 0 Å². The fourth-order valence-corrected chi connectivity index (χ4v) is 1.76. The zero-order valence-electron chi connectivity index (χ0n) is 13.5. The molecule has 0 saturated heterocycles. The van der Waals surface area contributed by atoms with Gasteiger partial charge in [0.2, 0.25) is 0 Å². The first kappa shape index (κ1) is 17.2. The zero-order valence-corrected chi connectivity index (χ0v) is 13.5. The van der Waals surface area contributed by atoms with Crippen molar-refractivity contribution in [1.29, 1.82) is 0 Å². The Morgan fingerprint density at radius 1 is 1.05 bits per heavy atom. The van der Waals surface area contributed by atoms with E-state index in [2.05, 4.69) is 50.4 Å². The molecule has 20 heavy (non-hydrogen) atoms. The summed E-state index contributed by atoms with van der Waals surface area (Å²) in [7, 11) is 0. The average Bonchev–Trinajstić information content (AvgIpc) is 2.36. The molecule has 1 rings (SSSR count). The Morgan fingerprint density at radius 3 is 2.30 bits per heavy atom. The smallest absolute Gasteiger partial charge is 0.0721 e. The molecule has 0 aliphatic heterocycles. The molecule has 3 heteroatoms. The SMILES string of the molecule is CC(C)OCCOCc1ccccc1CNC(C)(C)C. The van der Waals surface area contributed by atoms with E-state index in [0.29, 0.717) is 19.8 Å². The third-order valence-corrected chi connectivity index (χ3v) is 2.86. The fourth-order valence-electron chi connectivity index (χ4n) is 1.76. The van der Waals surface area contributed by atoms with Crippen LogP contribution in [0.5, 0.6) is 0 Å². The molecular weight excluding hydrogens is 250 g/mol. The lowest BCUT2D eigenvalue weighted by atomic mass is 10.1. The van der Waals surface area contributed by atoms with E-state index < -0.39 is 0 Å². The van der Waals surface area contributed by atoms with Crippen LogP contribution in [0, 0.1) is 0 Å². The number of rotatable bonds is 8. The van der Waals surface area contributed by atoms with Crippen molar-refractivity contribution in [3.63, 3.8) is 0 Å². The molecule has 0 saturated carbocycles. The van der Waals surface area contributed by atoms with Gasteiger partial charge in [0.25, 0.3) is 0 Å². The van der Waals surface area contributed by atoms with E-state index in [9.17, 15) is 0 Å². The molecule has 1 aromatic rings. The number of hydrogen-bond acceptors (Lipinski definition) is 3. The van der Waals surface area contributed by atoms with Crippen molar-refractivity contribution in [2.45, 2.75) is 59.4 Å². The summed E-state index contributed by atoms with van der Waals surface area (Å²) in [5.74, 6) is 0. The van der Waals surface area contributed by atoms with Crippen LogP contribution in [0.4, 0.5) is 0 Å². The average molecular weight is 279 g/mol. The second-order valence-corrected chi connectivity index (χ2v) is 6.34. The van der Waals surface area contributed by atoms with Gasteiger partial charge in [0.1, 0.15) is 0 Å². The molecule has 0 aromatic heterocycles. The molecule has 0 amide bonds. The highest BCUT2D eigenvalue weighted by molar-refractivity contribution is 5.26. The topological polar surface area (TPSA) is 30.5 Å². The molecule has 0 spiro atoms. The molecule has 1 N–H and O–H groups in total. The Kier molecular flexibility index (Phi) is 7.20. The Morgan fingerprint density at radius 2 is 1.70 bits per heavy atom. The lowest BCUT2D eigenvalue weighted by Crippen LogP contribution is -2.35. The second kappa shape index (κ2) is 8.40. The van der Waals surface area contributed by atoms with Gasteiger partial charge in [-0.1, -0.05) is 24.3 Å². The molecule has 1 aromatic carbocycles. The van der Waals surface area contributed by atoms with Crippen LogP contribution in [0.25, 0.3) is 0 Å². The maximum atomic E-state index is 5.69. The van der Waals surface area contributed by atoms with Gasteiger partial charge in [-0.05, 0) is 45.7 Å². The van der Waals surface area contributed by atoms with Gasteiger partial charge in [0, 0.05) is 12.1 Å². The van der Waals surface area contributed by atoms with Crippen LogP contribution < -0.4 is 5.32 Å². The van der Waals surface area contributed by atoms with Gasteiger partial charge in [0.05, 0.1) is 25.9 Å². The molecule has 0 unspecified atom stereocenters. The van der Waals surface area contributed by atoms with Crippen molar-refractivity contribution in [2.75, 3.05) is 13.2 Å². The summed E-state index contributed by atoms with van der Waals surface area (Å²) in [6.45, 7) is 13.4. The Bertz CT molecular complexity index is 383. The molecule has 0 aliphatic rings. The van der Waals surface area contributed by atoms with Crippen molar-refractivity contribution in [2.24, 2.45) is 0 Å². The quantitative estimate of drug-likeness (QED) is 0.739. The number of hydrogen-bond donors (Lipinski definition) is 1. The Balaban J connectivity index is 2.41. The summed E-state index contributed by atoms with van der Waals surface area (Å²) in [6.07, 6.45) is 0.266. The van der Waals surface area contributed by atoms with Crippen molar-refractivity contribution in [3.8, 4) is 0 Å².